The van der Waals surface area contributed by atoms with Crippen LogP contribution in [-0.4, -0.2) is 30.4 Å². The highest BCUT2D eigenvalue weighted by molar-refractivity contribution is 6.30. The summed E-state index contributed by atoms with van der Waals surface area (Å²) >= 11 is 5.79. The van der Waals surface area contributed by atoms with Crippen molar-refractivity contribution in [1.82, 2.24) is 4.90 Å². The highest BCUT2D eigenvalue weighted by Crippen LogP contribution is 2.10. The van der Waals surface area contributed by atoms with Gasteiger partial charge >= 0.3 is 5.97 Å². The molecule has 2 rings (SSSR count). The fraction of sp³-hybridized carbons (Fsp3) is 0.158. The predicted molar refractivity (Wildman–Crippen MR) is 94.4 cm³/mol. The molecule has 0 saturated carbocycles. The van der Waals surface area contributed by atoms with Crippen LogP contribution in [0.25, 0.3) is 6.08 Å². The minimum absolute atomic E-state index is 0.257. The first-order valence-electron chi connectivity index (χ1n) is 7.43. The second-order valence-corrected chi connectivity index (χ2v) is 5.66. The van der Waals surface area contributed by atoms with Crippen molar-refractivity contribution in [2.75, 3.05) is 13.7 Å². The van der Waals surface area contributed by atoms with Crippen molar-refractivity contribution in [3.8, 4) is 0 Å². The summed E-state index contributed by atoms with van der Waals surface area (Å²) in [6, 6.07) is 16.6. The van der Waals surface area contributed by atoms with Crippen LogP contribution >= 0.6 is 11.6 Å². The molecule has 0 atom stereocenters. The Bertz CT molecular complexity index is 711. The summed E-state index contributed by atoms with van der Waals surface area (Å²) in [7, 11) is 1.67. The van der Waals surface area contributed by atoms with Gasteiger partial charge < -0.3 is 9.64 Å². The van der Waals surface area contributed by atoms with Crippen LogP contribution in [0.1, 0.15) is 11.1 Å². The van der Waals surface area contributed by atoms with Crippen molar-refractivity contribution in [3.63, 3.8) is 0 Å². The molecule has 0 radical (unpaired) electrons. The van der Waals surface area contributed by atoms with Crippen molar-refractivity contribution >= 4 is 29.6 Å². The molecule has 0 heterocycles. The normalized spacial score (nSPS) is 10.6. The third-order valence-electron chi connectivity index (χ3n) is 3.31. The molecule has 0 bridgehead atoms. The van der Waals surface area contributed by atoms with Crippen molar-refractivity contribution in [1.29, 1.82) is 0 Å². The Morgan fingerprint density at radius 2 is 1.75 bits per heavy atom. The number of nitrogens with zero attached hydrogens (tertiary/aromatic N) is 1. The Balaban J connectivity index is 1.78. The van der Waals surface area contributed by atoms with Crippen LogP contribution in [0.2, 0.25) is 5.02 Å². The number of benzene rings is 2. The van der Waals surface area contributed by atoms with E-state index in [1.807, 2.05) is 30.3 Å². The zero-order chi connectivity index (χ0) is 17.4. The Morgan fingerprint density at radius 1 is 1.08 bits per heavy atom. The first-order valence-corrected chi connectivity index (χ1v) is 7.80. The summed E-state index contributed by atoms with van der Waals surface area (Å²) in [4.78, 5) is 25.2. The molecule has 0 fully saturated rings. The fourth-order valence-electron chi connectivity index (χ4n) is 1.97. The van der Waals surface area contributed by atoms with Gasteiger partial charge in [-0.3, -0.25) is 4.79 Å². The molecule has 1 amide bonds. The van der Waals surface area contributed by atoms with Crippen LogP contribution in [0.15, 0.2) is 60.7 Å². The van der Waals surface area contributed by atoms with E-state index in [2.05, 4.69) is 0 Å². The Hall–Kier alpha value is -2.59. The van der Waals surface area contributed by atoms with Gasteiger partial charge in [-0.2, -0.15) is 0 Å². The lowest BCUT2D eigenvalue weighted by Gasteiger charge is -2.16. The van der Waals surface area contributed by atoms with Crippen LogP contribution in [0, 0.1) is 0 Å². The summed E-state index contributed by atoms with van der Waals surface area (Å²) in [5.41, 5.74) is 1.84. The van der Waals surface area contributed by atoms with Crippen LogP contribution < -0.4 is 0 Å². The highest BCUT2D eigenvalue weighted by atomic mass is 35.5. The van der Waals surface area contributed by atoms with Gasteiger partial charge in [-0.05, 0) is 29.3 Å². The van der Waals surface area contributed by atoms with Crippen LogP contribution in [0.3, 0.4) is 0 Å². The molecule has 0 N–H and O–H groups in total. The molecule has 5 heteroatoms. The van der Waals surface area contributed by atoms with Crippen molar-refractivity contribution in [3.05, 3.63) is 76.8 Å². The van der Waals surface area contributed by atoms with E-state index in [4.69, 9.17) is 16.3 Å². The van der Waals surface area contributed by atoms with Gasteiger partial charge in [-0.25, -0.2) is 4.79 Å². The predicted octanol–water partition coefficient (Wildman–Crippen LogP) is 3.56. The summed E-state index contributed by atoms with van der Waals surface area (Å²) in [6.07, 6.45) is 2.89. The summed E-state index contributed by atoms with van der Waals surface area (Å²) in [5, 5.41) is 0.627. The minimum atomic E-state index is -0.564. The number of esters is 1. The van der Waals surface area contributed by atoms with Gasteiger partial charge in [0, 0.05) is 24.7 Å². The Kier molecular flexibility index (Phi) is 6.58. The number of rotatable bonds is 6. The van der Waals surface area contributed by atoms with Gasteiger partial charge in [0.2, 0.25) is 0 Å². The van der Waals surface area contributed by atoms with E-state index in [0.717, 1.165) is 11.1 Å². The maximum Gasteiger partial charge on any atom is 0.331 e. The number of ether oxygens (including phenoxy) is 1. The molecule has 0 saturated heterocycles. The number of likely N-dealkylation sites (N-methyl/N-ethyl adjacent to an activating group) is 1. The average Bonchev–Trinajstić information content (AvgIpc) is 2.60. The monoisotopic (exact) mass is 343 g/mol. The van der Waals surface area contributed by atoms with Crippen LogP contribution in [0.5, 0.6) is 0 Å². The summed E-state index contributed by atoms with van der Waals surface area (Å²) in [5.74, 6) is -0.821. The number of carbonyl (C=O) groups excluding carboxylic acids is 2. The quantitative estimate of drug-likeness (QED) is 0.595. The molecule has 2 aromatic carbocycles. The van der Waals surface area contributed by atoms with Crippen molar-refractivity contribution < 1.29 is 14.3 Å². The van der Waals surface area contributed by atoms with Crippen molar-refractivity contribution in [2.45, 2.75) is 6.54 Å². The zero-order valence-electron chi connectivity index (χ0n) is 13.3. The molecule has 0 aliphatic rings. The molecule has 0 aliphatic heterocycles. The zero-order valence-corrected chi connectivity index (χ0v) is 14.1. The molecule has 0 aromatic heterocycles. The second-order valence-electron chi connectivity index (χ2n) is 5.23. The Labute approximate surface area is 146 Å². The van der Waals surface area contributed by atoms with Gasteiger partial charge in [-0.1, -0.05) is 54.1 Å². The first kappa shape index (κ1) is 17.8. The van der Waals surface area contributed by atoms with E-state index in [1.165, 1.54) is 11.0 Å². The third-order valence-corrected chi connectivity index (χ3v) is 3.56. The first-order chi connectivity index (χ1) is 11.5. The smallest absolute Gasteiger partial charge is 0.331 e. The molecule has 0 aliphatic carbocycles. The van der Waals surface area contributed by atoms with E-state index < -0.39 is 5.97 Å². The lowest BCUT2D eigenvalue weighted by molar-refractivity contribution is -0.147. The van der Waals surface area contributed by atoms with Crippen LogP contribution in [0.4, 0.5) is 0 Å². The number of amides is 1. The number of hydrogen-bond donors (Lipinski definition) is 0. The molecule has 2 aromatic rings. The molecule has 0 unspecified atom stereocenters. The van der Waals surface area contributed by atoms with E-state index in [-0.39, 0.29) is 12.5 Å². The molecular formula is C19H18ClNO3. The maximum atomic E-state index is 12.0. The fourth-order valence-corrected chi connectivity index (χ4v) is 2.10. The molecule has 4 nitrogen and oxygen atoms in total. The van der Waals surface area contributed by atoms with E-state index in [9.17, 15) is 9.59 Å². The summed E-state index contributed by atoms with van der Waals surface area (Å²) < 4.78 is 4.97. The van der Waals surface area contributed by atoms with Gasteiger partial charge in [0.15, 0.2) is 6.61 Å². The SMILES string of the molecule is CN(Cc1ccccc1)C(=O)COC(=O)/C=C/c1ccc(Cl)cc1. The molecule has 124 valence electrons. The van der Waals surface area contributed by atoms with Gasteiger partial charge in [-0.15, -0.1) is 0 Å². The van der Waals surface area contributed by atoms with Gasteiger partial charge in [0.25, 0.3) is 5.91 Å². The van der Waals surface area contributed by atoms with E-state index in [0.29, 0.717) is 11.6 Å². The molecule has 0 spiro atoms. The Morgan fingerprint density at radius 3 is 2.42 bits per heavy atom. The number of carbonyl (C=O) groups is 2. The highest BCUT2D eigenvalue weighted by Gasteiger charge is 2.11. The lowest BCUT2D eigenvalue weighted by Crippen LogP contribution is -2.30. The largest absolute Gasteiger partial charge is 0.452 e. The third kappa shape index (κ3) is 5.89. The average molecular weight is 344 g/mol. The maximum absolute atomic E-state index is 12.0. The lowest BCUT2D eigenvalue weighted by atomic mass is 10.2. The standard InChI is InChI=1S/C19H18ClNO3/c1-21(13-16-5-3-2-4-6-16)18(22)14-24-19(23)12-9-15-7-10-17(20)11-8-15/h2-12H,13-14H2,1H3/b12-9+. The number of halogens is 1. The van der Waals surface area contributed by atoms with E-state index in [1.54, 1.807) is 37.4 Å². The van der Waals surface area contributed by atoms with Crippen molar-refractivity contribution in [2.24, 2.45) is 0 Å². The van der Waals surface area contributed by atoms with Gasteiger partial charge in [0.05, 0.1) is 0 Å². The molecular weight excluding hydrogens is 326 g/mol. The summed E-state index contributed by atoms with van der Waals surface area (Å²) in [6.45, 7) is 0.185. The number of hydrogen-bond acceptors (Lipinski definition) is 3. The second kappa shape index (κ2) is 8.89. The minimum Gasteiger partial charge on any atom is -0.452 e. The van der Waals surface area contributed by atoms with E-state index >= 15 is 0 Å². The van der Waals surface area contributed by atoms with Gasteiger partial charge in [0.1, 0.15) is 0 Å². The topological polar surface area (TPSA) is 46.6 Å². The van der Waals surface area contributed by atoms with Crippen LogP contribution in [-0.2, 0) is 20.9 Å². The molecule has 24 heavy (non-hydrogen) atoms.